The summed E-state index contributed by atoms with van der Waals surface area (Å²) >= 11 is 0. The molecule has 1 saturated heterocycles. The molecule has 0 aromatic heterocycles. The fourth-order valence-corrected chi connectivity index (χ4v) is 6.99. The van der Waals surface area contributed by atoms with E-state index in [1.165, 1.54) is 16.9 Å². The van der Waals surface area contributed by atoms with Gasteiger partial charge in [-0.1, -0.05) is 12.1 Å². The van der Waals surface area contributed by atoms with E-state index in [-0.39, 0.29) is 36.5 Å². The highest BCUT2D eigenvalue weighted by Gasteiger charge is 2.57. The molecule has 31 heavy (non-hydrogen) atoms. The van der Waals surface area contributed by atoms with Crippen molar-refractivity contribution in [1.29, 1.82) is 5.26 Å². The van der Waals surface area contributed by atoms with Gasteiger partial charge in [0.05, 0.1) is 24.7 Å². The second-order valence-electron chi connectivity index (χ2n) is 10.5. The fraction of sp³-hybridized carbons (Fsp3) is 0.667. The van der Waals surface area contributed by atoms with E-state index in [0.717, 1.165) is 38.6 Å². The quantitative estimate of drug-likeness (QED) is 0.730. The number of alkyl halides is 2. The Morgan fingerprint density at radius 2 is 1.74 bits per heavy atom. The van der Waals surface area contributed by atoms with E-state index in [1.54, 1.807) is 0 Å². The van der Waals surface area contributed by atoms with Gasteiger partial charge in [0.2, 0.25) is 5.91 Å². The van der Waals surface area contributed by atoms with E-state index in [0.29, 0.717) is 17.4 Å². The molecule has 5 fully saturated rings. The van der Waals surface area contributed by atoms with Crippen LogP contribution in [-0.2, 0) is 11.3 Å². The lowest BCUT2D eigenvalue weighted by Crippen LogP contribution is -2.69. The molecule has 4 aliphatic carbocycles. The Morgan fingerprint density at radius 3 is 2.32 bits per heavy atom. The van der Waals surface area contributed by atoms with Crippen LogP contribution in [0.3, 0.4) is 0 Å². The normalized spacial score (nSPS) is 35.3. The molecule has 1 amide bonds. The standard InChI is InChI=1S/C24H30F2N4O/c25-24(26)5-6-30(16-24)21(31)14-29-23-10-19-7-20(11-23)9-22(8-19,15-23)28-13-18-3-1-17(12-27)2-4-18/h1-4,19-20,28-29H,5-11,13-16H2/t19-,20-,22?,23?/m0/s1. The first-order chi connectivity index (χ1) is 14.8. The van der Waals surface area contributed by atoms with Gasteiger partial charge in [0.25, 0.3) is 5.92 Å². The zero-order valence-corrected chi connectivity index (χ0v) is 17.8. The summed E-state index contributed by atoms with van der Waals surface area (Å²) in [5.74, 6) is -1.65. The second kappa shape index (κ2) is 7.53. The smallest absolute Gasteiger partial charge is 0.267 e. The molecule has 4 bridgehead atoms. The Morgan fingerprint density at radius 1 is 1.10 bits per heavy atom. The maximum atomic E-state index is 13.5. The van der Waals surface area contributed by atoms with E-state index in [2.05, 4.69) is 16.7 Å². The molecule has 1 aliphatic heterocycles. The number of halogens is 2. The number of hydrogen-bond donors (Lipinski definition) is 2. The molecule has 2 N–H and O–H groups in total. The Bertz CT molecular complexity index is 880. The van der Waals surface area contributed by atoms with E-state index < -0.39 is 12.5 Å². The summed E-state index contributed by atoms with van der Waals surface area (Å²) in [6.45, 7) is 0.633. The summed E-state index contributed by atoms with van der Waals surface area (Å²) < 4.78 is 27.0. The van der Waals surface area contributed by atoms with Gasteiger partial charge in [0.1, 0.15) is 0 Å². The summed E-state index contributed by atoms with van der Waals surface area (Å²) in [4.78, 5) is 13.9. The first-order valence-corrected chi connectivity index (χ1v) is 11.4. The third-order valence-corrected chi connectivity index (χ3v) is 7.95. The number of rotatable bonds is 6. The summed E-state index contributed by atoms with van der Waals surface area (Å²) in [7, 11) is 0. The van der Waals surface area contributed by atoms with E-state index in [4.69, 9.17) is 5.26 Å². The number of likely N-dealkylation sites (tertiary alicyclic amines) is 1. The van der Waals surface area contributed by atoms with Crippen LogP contribution < -0.4 is 10.6 Å². The van der Waals surface area contributed by atoms with Crippen molar-refractivity contribution in [3.05, 3.63) is 35.4 Å². The fourth-order valence-electron chi connectivity index (χ4n) is 6.99. The molecule has 0 unspecified atom stereocenters. The van der Waals surface area contributed by atoms with Crippen molar-refractivity contribution in [2.45, 2.75) is 68.5 Å². The van der Waals surface area contributed by atoms with Crippen molar-refractivity contribution >= 4 is 5.91 Å². The van der Waals surface area contributed by atoms with Gasteiger partial charge in [-0.15, -0.1) is 0 Å². The summed E-state index contributed by atoms with van der Waals surface area (Å²) in [6.07, 6.45) is 6.49. The Kier molecular flexibility index (Phi) is 5.06. The van der Waals surface area contributed by atoms with Crippen molar-refractivity contribution in [2.24, 2.45) is 11.8 Å². The number of nitrogens with zero attached hydrogens (tertiary/aromatic N) is 2. The molecular weight excluding hydrogens is 398 g/mol. The highest BCUT2D eigenvalue weighted by atomic mass is 19.3. The minimum Gasteiger partial charge on any atom is -0.335 e. The molecule has 1 aromatic carbocycles. The minimum atomic E-state index is -2.74. The Balaban J connectivity index is 1.23. The van der Waals surface area contributed by atoms with Crippen LogP contribution in [0.1, 0.15) is 56.1 Å². The van der Waals surface area contributed by atoms with Crippen molar-refractivity contribution < 1.29 is 13.6 Å². The zero-order valence-electron chi connectivity index (χ0n) is 17.8. The van der Waals surface area contributed by atoms with Crippen LogP contribution in [0.25, 0.3) is 0 Å². The lowest BCUT2D eigenvalue weighted by atomic mass is 9.50. The van der Waals surface area contributed by atoms with E-state index >= 15 is 0 Å². The van der Waals surface area contributed by atoms with Gasteiger partial charge in [-0.25, -0.2) is 8.78 Å². The van der Waals surface area contributed by atoms with Crippen molar-refractivity contribution in [3.63, 3.8) is 0 Å². The third-order valence-electron chi connectivity index (χ3n) is 7.95. The molecule has 0 radical (unpaired) electrons. The maximum absolute atomic E-state index is 13.5. The molecule has 0 spiro atoms. The van der Waals surface area contributed by atoms with Gasteiger partial charge in [-0.3, -0.25) is 4.79 Å². The first-order valence-electron chi connectivity index (χ1n) is 11.4. The van der Waals surface area contributed by atoms with Crippen LogP contribution >= 0.6 is 0 Å². The highest BCUT2D eigenvalue weighted by Crippen LogP contribution is 2.57. The van der Waals surface area contributed by atoms with Crippen molar-refractivity contribution in [2.75, 3.05) is 19.6 Å². The van der Waals surface area contributed by atoms with Gasteiger partial charge < -0.3 is 15.5 Å². The predicted molar refractivity (Wildman–Crippen MR) is 112 cm³/mol. The summed E-state index contributed by atoms with van der Waals surface area (Å²) in [5, 5.41) is 16.4. The number of carbonyl (C=O) groups excluding carboxylic acids is 1. The topological polar surface area (TPSA) is 68.2 Å². The van der Waals surface area contributed by atoms with Crippen LogP contribution in [0, 0.1) is 23.2 Å². The van der Waals surface area contributed by atoms with E-state index in [9.17, 15) is 13.6 Å². The largest absolute Gasteiger partial charge is 0.335 e. The van der Waals surface area contributed by atoms with Crippen LogP contribution in [0.5, 0.6) is 0 Å². The minimum absolute atomic E-state index is 0.0642. The molecule has 6 rings (SSSR count). The number of hydrogen-bond acceptors (Lipinski definition) is 4. The molecule has 1 heterocycles. The number of amides is 1. The number of nitriles is 1. The number of carbonyl (C=O) groups is 1. The van der Waals surface area contributed by atoms with Crippen molar-refractivity contribution in [3.8, 4) is 6.07 Å². The molecule has 7 heteroatoms. The third kappa shape index (κ3) is 4.20. The van der Waals surface area contributed by atoms with Crippen molar-refractivity contribution in [1.82, 2.24) is 15.5 Å². The van der Waals surface area contributed by atoms with Gasteiger partial charge in [-0.2, -0.15) is 5.26 Å². The molecule has 166 valence electrons. The molecule has 5 aliphatic rings. The predicted octanol–water partition coefficient (Wildman–Crippen LogP) is 3.20. The average molecular weight is 429 g/mol. The summed E-state index contributed by atoms with van der Waals surface area (Å²) in [5.41, 5.74) is 1.83. The van der Waals surface area contributed by atoms with Crippen LogP contribution in [0.4, 0.5) is 8.78 Å². The molecule has 2 atom stereocenters. The summed E-state index contributed by atoms with van der Waals surface area (Å²) in [6, 6.07) is 9.87. The second-order valence-corrected chi connectivity index (χ2v) is 10.5. The highest BCUT2D eigenvalue weighted by molar-refractivity contribution is 5.78. The van der Waals surface area contributed by atoms with E-state index in [1.807, 2.05) is 24.3 Å². The monoisotopic (exact) mass is 428 g/mol. The van der Waals surface area contributed by atoms with Gasteiger partial charge in [0, 0.05) is 30.6 Å². The van der Waals surface area contributed by atoms with Crippen LogP contribution in [0.2, 0.25) is 0 Å². The first kappa shape index (κ1) is 20.8. The maximum Gasteiger partial charge on any atom is 0.267 e. The number of nitrogens with one attached hydrogen (secondary N) is 2. The molecular formula is C24H30F2N4O. The van der Waals surface area contributed by atoms with Gasteiger partial charge >= 0.3 is 0 Å². The molecule has 5 nitrogen and oxygen atoms in total. The molecule has 1 aromatic rings. The zero-order chi connectivity index (χ0) is 21.7. The van der Waals surface area contributed by atoms with Crippen LogP contribution in [0.15, 0.2) is 24.3 Å². The average Bonchev–Trinajstić information content (AvgIpc) is 3.10. The van der Waals surface area contributed by atoms with Gasteiger partial charge in [0.15, 0.2) is 0 Å². The number of benzene rings is 1. The van der Waals surface area contributed by atoms with Crippen LogP contribution in [-0.4, -0.2) is 47.4 Å². The molecule has 4 saturated carbocycles. The Labute approximate surface area is 182 Å². The SMILES string of the molecule is N#Cc1ccc(CNC23C[C@@H]4C[C@H](CC(NCC(=O)N5CCC(F)(F)C5)(C4)C2)C3)cc1. The Hall–Kier alpha value is -2.04. The lowest BCUT2D eigenvalue weighted by Gasteiger charge is -2.62. The van der Waals surface area contributed by atoms with Gasteiger partial charge in [-0.05, 0) is 68.1 Å². The lowest BCUT2D eigenvalue weighted by molar-refractivity contribution is -0.132.